The van der Waals surface area contributed by atoms with E-state index in [1.54, 1.807) is 13.8 Å². The Balaban J connectivity index is 3.00. The first-order valence-electron chi connectivity index (χ1n) is 5.30. The van der Waals surface area contributed by atoms with E-state index in [9.17, 15) is 14.4 Å². The van der Waals surface area contributed by atoms with Crippen LogP contribution in [0.4, 0.5) is 0 Å². The van der Waals surface area contributed by atoms with Crippen molar-refractivity contribution in [3.05, 3.63) is 12.2 Å². The highest BCUT2D eigenvalue weighted by Crippen LogP contribution is 2.25. The molecule has 1 aliphatic heterocycles. The van der Waals surface area contributed by atoms with Gasteiger partial charge in [0.2, 0.25) is 0 Å². The first-order valence-corrected chi connectivity index (χ1v) is 5.30. The molecule has 0 saturated heterocycles. The van der Waals surface area contributed by atoms with Crippen LogP contribution in [0.25, 0.3) is 0 Å². The van der Waals surface area contributed by atoms with E-state index in [1.807, 2.05) is 0 Å². The van der Waals surface area contributed by atoms with E-state index < -0.39 is 23.5 Å². The third-order valence-electron chi connectivity index (χ3n) is 2.14. The van der Waals surface area contributed by atoms with E-state index in [1.165, 1.54) is 6.08 Å². The van der Waals surface area contributed by atoms with Crippen LogP contribution in [0.2, 0.25) is 0 Å². The Kier molecular flexibility index (Phi) is 4.25. The van der Waals surface area contributed by atoms with Gasteiger partial charge in [-0.3, -0.25) is 0 Å². The molecule has 0 N–H and O–H groups in total. The summed E-state index contributed by atoms with van der Waals surface area (Å²) in [5, 5.41) is 0. The fourth-order valence-corrected chi connectivity index (χ4v) is 1.40. The molecule has 1 aliphatic rings. The molecule has 0 bridgehead atoms. The standard InChI is InChI=1S/C11H14O6/c1-3-15-9(13)11(10(14)16-4-2)7-5-6-8(12)17-11/h5-6H,3-4,7H2,1-2H3. The van der Waals surface area contributed by atoms with Gasteiger partial charge >= 0.3 is 23.5 Å². The molecule has 6 nitrogen and oxygen atoms in total. The molecule has 1 rings (SSSR count). The highest BCUT2D eigenvalue weighted by molar-refractivity contribution is 6.07. The maximum Gasteiger partial charge on any atom is 0.362 e. The van der Waals surface area contributed by atoms with Crippen molar-refractivity contribution in [3.8, 4) is 0 Å². The van der Waals surface area contributed by atoms with Crippen LogP contribution in [0.3, 0.4) is 0 Å². The predicted octanol–water partition coefficient (Wildman–Crippen LogP) is 0.354. The van der Waals surface area contributed by atoms with Gasteiger partial charge in [0.05, 0.1) is 13.2 Å². The lowest BCUT2D eigenvalue weighted by molar-refractivity contribution is -0.195. The number of carbonyl (C=O) groups is 3. The molecule has 0 spiro atoms. The van der Waals surface area contributed by atoms with Crippen LogP contribution >= 0.6 is 0 Å². The number of cyclic esters (lactones) is 1. The van der Waals surface area contributed by atoms with E-state index in [0.717, 1.165) is 6.08 Å². The van der Waals surface area contributed by atoms with Gasteiger partial charge in [-0.1, -0.05) is 6.08 Å². The van der Waals surface area contributed by atoms with E-state index in [2.05, 4.69) is 0 Å². The molecular formula is C11H14O6. The van der Waals surface area contributed by atoms with Crippen molar-refractivity contribution < 1.29 is 28.6 Å². The summed E-state index contributed by atoms with van der Waals surface area (Å²) in [6, 6.07) is 0. The Morgan fingerprint density at radius 1 is 1.29 bits per heavy atom. The number of esters is 3. The van der Waals surface area contributed by atoms with Crippen LogP contribution in [0.5, 0.6) is 0 Å². The van der Waals surface area contributed by atoms with Crippen LogP contribution in [-0.2, 0) is 28.6 Å². The van der Waals surface area contributed by atoms with Crippen molar-refractivity contribution in [2.45, 2.75) is 25.9 Å². The first-order chi connectivity index (χ1) is 8.06. The summed E-state index contributed by atoms with van der Waals surface area (Å²) in [5.74, 6) is -2.58. The predicted molar refractivity (Wildman–Crippen MR) is 55.8 cm³/mol. The maximum atomic E-state index is 11.7. The number of hydrogen-bond acceptors (Lipinski definition) is 6. The molecule has 0 aromatic heterocycles. The SMILES string of the molecule is CCOC(=O)C1(C(=O)OCC)CC=CC(=O)O1. The summed E-state index contributed by atoms with van der Waals surface area (Å²) in [6.45, 7) is 3.36. The monoisotopic (exact) mass is 242 g/mol. The zero-order valence-electron chi connectivity index (χ0n) is 9.73. The topological polar surface area (TPSA) is 78.9 Å². The Labute approximate surface area is 98.5 Å². The smallest absolute Gasteiger partial charge is 0.362 e. The average molecular weight is 242 g/mol. The zero-order chi connectivity index (χ0) is 12.9. The van der Waals surface area contributed by atoms with Crippen LogP contribution in [0.15, 0.2) is 12.2 Å². The molecule has 0 saturated carbocycles. The van der Waals surface area contributed by atoms with Gasteiger partial charge in [-0.15, -0.1) is 0 Å². The highest BCUT2D eigenvalue weighted by Gasteiger charge is 2.53. The summed E-state index contributed by atoms with van der Waals surface area (Å²) in [5.41, 5.74) is -1.99. The second-order valence-electron chi connectivity index (χ2n) is 3.30. The second-order valence-corrected chi connectivity index (χ2v) is 3.30. The minimum Gasteiger partial charge on any atom is -0.463 e. The van der Waals surface area contributed by atoms with Gasteiger partial charge in [0, 0.05) is 12.5 Å². The lowest BCUT2D eigenvalue weighted by Gasteiger charge is -2.29. The molecule has 0 fully saturated rings. The quantitative estimate of drug-likeness (QED) is 0.402. The molecule has 0 aromatic rings. The van der Waals surface area contributed by atoms with Gasteiger partial charge in [-0.25, -0.2) is 14.4 Å². The minimum absolute atomic E-state index is 0.0730. The van der Waals surface area contributed by atoms with Crippen molar-refractivity contribution in [2.75, 3.05) is 13.2 Å². The van der Waals surface area contributed by atoms with Crippen molar-refractivity contribution in [3.63, 3.8) is 0 Å². The number of ether oxygens (including phenoxy) is 3. The van der Waals surface area contributed by atoms with E-state index in [-0.39, 0.29) is 19.6 Å². The van der Waals surface area contributed by atoms with Crippen LogP contribution in [0.1, 0.15) is 20.3 Å². The van der Waals surface area contributed by atoms with Gasteiger partial charge in [-0.2, -0.15) is 0 Å². The average Bonchev–Trinajstić information content (AvgIpc) is 2.29. The molecule has 0 amide bonds. The van der Waals surface area contributed by atoms with Gasteiger partial charge in [0.1, 0.15) is 0 Å². The normalized spacial score (nSPS) is 17.2. The van der Waals surface area contributed by atoms with Crippen LogP contribution in [0, 0.1) is 0 Å². The molecular weight excluding hydrogens is 228 g/mol. The number of rotatable bonds is 4. The summed E-state index contributed by atoms with van der Waals surface area (Å²) in [4.78, 5) is 34.7. The molecule has 0 unspecified atom stereocenters. The molecule has 0 aliphatic carbocycles. The Hall–Kier alpha value is -1.85. The molecule has 6 heteroatoms. The maximum absolute atomic E-state index is 11.7. The molecule has 0 radical (unpaired) electrons. The highest BCUT2D eigenvalue weighted by atomic mass is 16.6. The lowest BCUT2D eigenvalue weighted by atomic mass is 9.97. The first kappa shape index (κ1) is 13.2. The van der Waals surface area contributed by atoms with E-state index in [0.29, 0.717) is 0 Å². The summed E-state index contributed by atoms with van der Waals surface area (Å²) < 4.78 is 14.3. The molecule has 94 valence electrons. The van der Waals surface area contributed by atoms with Crippen LogP contribution < -0.4 is 0 Å². The fraction of sp³-hybridized carbons (Fsp3) is 0.545. The summed E-state index contributed by atoms with van der Waals surface area (Å²) in [6.07, 6.45) is 2.47. The lowest BCUT2D eigenvalue weighted by Crippen LogP contribution is -2.53. The van der Waals surface area contributed by atoms with Crippen molar-refractivity contribution in [2.24, 2.45) is 0 Å². The number of hydrogen-bond donors (Lipinski definition) is 0. The summed E-state index contributed by atoms with van der Waals surface area (Å²) in [7, 11) is 0. The fourth-order valence-electron chi connectivity index (χ4n) is 1.40. The van der Waals surface area contributed by atoms with Gasteiger partial charge in [0.15, 0.2) is 0 Å². The largest absolute Gasteiger partial charge is 0.463 e. The summed E-state index contributed by atoms with van der Waals surface area (Å²) >= 11 is 0. The van der Waals surface area contributed by atoms with Crippen molar-refractivity contribution in [1.29, 1.82) is 0 Å². The van der Waals surface area contributed by atoms with Gasteiger partial charge < -0.3 is 14.2 Å². The molecule has 0 atom stereocenters. The number of carbonyl (C=O) groups excluding carboxylic acids is 3. The second kappa shape index (κ2) is 5.47. The Bertz CT molecular complexity index is 339. The van der Waals surface area contributed by atoms with E-state index in [4.69, 9.17) is 14.2 Å². The Morgan fingerprint density at radius 3 is 2.24 bits per heavy atom. The third kappa shape index (κ3) is 2.64. The van der Waals surface area contributed by atoms with Crippen LogP contribution in [-0.4, -0.2) is 36.7 Å². The minimum atomic E-state index is -1.99. The third-order valence-corrected chi connectivity index (χ3v) is 2.14. The van der Waals surface area contributed by atoms with Gasteiger partial charge in [0.25, 0.3) is 0 Å². The zero-order valence-corrected chi connectivity index (χ0v) is 9.73. The molecule has 1 heterocycles. The molecule has 0 aromatic carbocycles. The van der Waals surface area contributed by atoms with E-state index >= 15 is 0 Å². The Morgan fingerprint density at radius 2 is 1.82 bits per heavy atom. The van der Waals surface area contributed by atoms with Gasteiger partial charge in [-0.05, 0) is 13.8 Å². The van der Waals surface area contributed by atoms with Crippen molar-refractivity contribution in [1.82, 2.24) is 0 Å². The molecule has 17 heavy (non-hydrogen) atoms. The van der Waals surface area contributed by atoms with Crippen molar-refractivity contribution >= 4 is 17.9 Å².